The van der Waals surface area contributed by atoms with Crippen LogP contribution >= 0.6 is 7.60 Å². The van der Waals surface area contributed by atoms with E-state index in [0.717, 1.165) is 0 Å². The number of rotatable bonds is 7. The Balaban J connectivity index is 1.81. The molecule has 3 atom stereocenters. The summed E-state index contributed by atoms with van der Waals surface area (Å²) in [6.45, 7) is 6.54. The summed E-state index contributed by atoms with van der Waals surface area (Å²) in [7, 11) is -4.69. The van der Waals surface area contributed by atoms with E-state index in [9.17, 15) is 19.5 Å². The van der Waals surface area contributed by atoms with Crippen LogP contribution in [0.1, 0.15) is 27.7 Å². The average Bonchev–Trinajstić information content (AvgIpc) is 3.17. The maximum Gasteiger partial charge on any atom is 0.357 e. The minimum Gasteiger partial charge on any atom is -0.384 e. The fraction of sp³-hybridized carbons (Fsp3) is 0.688. The Hall–Kier alpha value is -1.82. The molecule has 1 aliphatic rings. The minimum absolute atomic E-state index is 0.114. The van der Waals surface area contributed by atoms with E-state index in [0.29, 0.717) is 5.52 Å². The fourth-order valence-corrected chi connectivity index (χ4v) is 5.32. The van der Waals surface area contributed by atoms with Crippen LogP contribution in [0.15, 0.2) is 12.7 Å². The van der Waals surface area contributed by atoms with Crippen LogP contribution in [0.4, 0.5) is 5.82 Å². The molecule has 1 aliphatic heterocycles. The minimum atomic E-state index is -4.69. The normalized spacial score (nSPS) is 23.4. The predicted molar refractivity (Wildman–Crippen MR) is 101 cm³/mol. The molecule has 0 bridgehead atoms. The van der Waals surface area contributed by atoms with Crippen LogP contribution in [0.3, 0.4) is 0 Å². The van der Waals surface area contributed by atoms with Crippen molar-refractivity contribution in [2.75, 3.05) is 12.3 Å². The van der Waals surface area contributed by atoms with Gasteiger partial charge in [-0.15, -0.1) is 4.73 Å². The van der Waals surface area contributed by atoms with Crippen LogP contribution in [-0.4, -0.2) is 65.0 Å². The van der Waals surface area contributed by atoms with Gasteiger partial charge in [0, 0.05) is 0 Å². The first-order chi connectivity index (χ1) is 13.5. The summed E-state index contributed by atoms with van der Waals surface area (Å²) in [4.78, 5) is 37.6. The van der Waals surface area contributed by atoms with Gasteiger partial charge in [-0.05, 0) is 11.8 Å². The Morgan fingerprint density at radius 2 is 1.93 bits per heavy atom. The molecule has 1 saturated heterocycles. The molecular weight excluding hydrogens is 405 g/mol. The van der Waals surface area contributed by atoms with Crippen molar-refractivity contribution < 1.29 is 33.8 Å². The van der Waals surface area contributed by atoms with Crippen LogP contribution < -0.4 is 10.6 Å². The number of imidazole rings is 1. The average molecular weight is 431 g/mol. The maximum absolute atomic E-state index is 12.3. The van der Waals surface area contributed by atoms with Crippen LogP contribution in [-0.2, 0) is 14.0 Å². The highest BCUT2D eigenvalue weighted by atomic mass is 31.2. The van der Waals surface area contributed by atoms with Gasteiger partial charge in [0.2, 0.25) is 5.65 Å². The Labute approximate surface area is 167 Å². The molecule has 0 aromatic carbocycles. The van der Waals surface area contributed by atoms with E-state index in [1.165, 1.54) is 17.4 Å². The second-order valence-electron chi connectivity index (χ2n) is 7.56. The molecule has 2 aromatic rings. The molecule has 0 radical (unpaired) electrons. The van der Waals surface area contributed by atoms with E-state index >= 15 is 0 Å². The van der Waals surface area contributed by atoms with Crippen molar-refractivity contribution in [3.63, 3.8) is 0 Å². The Morgan fingerprint density at radius 3 is 2.52 bits per heavy atom. The van der Waals surface area contributed by atoms with E-state index in [1.807, 2.05) is 0 Å². The third kappa shape index (κ3) is 3.72. The summed E-state index contributed by atoms with van der Waals surface area (Å²) in [5, 5.41) is 8.87. The molecule has 162 valence electrons. The Kier molecular flexibility index (Phi) is 5.87. The smallest absolute Gasteiger partial charge is 0.357 e. The number of nitrogens with two attached hydrogens (primary N) is 1. The van der Waals surface area contributed by atoms with Crippen molar-refractivity contribution in [1.29, 1.82) is 0 Å². The van der Waals surface area contributed by atoms with Crippen LogP contribution in [0, 0.1) is 11.8 Å². The largest absolute Gasteiger partial charge is 0.384 e. The second kappa shape index (κ2) is 7.78. The van der Waals surface area contributed by atoms with Gasteiger partial charge in [0.05, 0.1) is 6.61 Å². The Morgan fingerprint density at radius 1 is 1.28 bits per heavy atom. The first kappa shape index (κ1) is 21.9. The molecular formula is C16H26N5O7P. The molecule has 3 heterocycles. The van der Waals surface area contributed by atoms with Crippen LogP contribution in [0.2, 0.25) is 0 Å². The zero-order valence-electron chi connectivity index (χ0n) is 16.5. The van der Waals surface area contributed by atoms with Gasteiger partial charge in [0.1, 0.15) is 24.9 Å². The second-order valence-corrected chi connectivity index (χ2v) is 9.35. The Bertz CT molecular complexity index is 906. The third-order valence-corrected chi connectivity index (χ3v) is 7.13. The number of aliphatic hydroxyl groups excluding tert-OH is 1. The zero-order chi connectivity index (χ0) is 21.6. The van der Waals surface area contributed by atoms with Crippen LogP contribution in [0.5, 0.6) is 0 Å². The zero-order valence-corrected chi connectivity index (χ0v) is 17.4. The van der Waals surface area contributed by atoms with Gasteiger partial charge in [-0.1, -0.05) is 27.7 Å². The summed E-state index contributed by atoms with van der Waals surface area (Å²) < 4.78 is 24.9. The topological polar surface area (TPSA) is 175 Å². The molecule has 1 fully saturated rings. The number of fused-ring (bicyclic) bond motifs is 1. The predicted octanol–water partition coefficient (Wildman–Crippen LogP) is 0.126. The van der Waals surface area contributed by atoms with E-state index in [-0.39, 0.29) is 18.1 Å². The highest BCUT2D eigenvalue weighted by Crippen LogP contribution is 2.60. The number of hydrogen-bond donors (Lipinski definition) is 4. The lowest BCUT2D eigenvalue weighted by Crippen LogP contribution is -2.49. The van der Waals surface area contributed by atoms with Gasteiger partial charge >= 0.3 is 7.60 Å². The lowest BCUT2D eigenvalue weighted by Gasteiger charge is -2.43. The molecule has 3 rings (SSSR count). The van der Waals surface area contributed by atoms with Gasteiger partial charge < -0.3 is 34.9 Å². The fourth-order valence-electron chi connectivity index (χ4n) is 3.70. The lowest BCUT2D eigenvalue weighted by molar-refractivity contribution is -0.164. The number of hydrogen-bond acceptors (Lipinski definition) is 9. The van der Waals surface area contributed by atoms with Crippen molar-refractivity contribution in [3.05, 3.63) is 12.7 Å². The van der Waals surface area contributed by atoms with Crippen molar-refractivity contribution in [1.82, 2.24) is 19.7 Å². The van der Waals surface area contributed by atoms with E-state index < -0.39 is 43.3 Å². The standard InChI is InChI=1S/C16H26N5O7P/c1-8(2)16(9(3)4,29(23,24)25)27-10-5-26-15(12(10)22)28-21-7-20-11-13(17)18-6-19-14(11)21/h6-10,12,15,22H,5H2,1-4H3,(H2,17,18,19)(H2,23,24,25)/t10-,12+,15?/m0/s1. The van der Waals surface area contributed by atoms with Gasteiger partial charge in [0.25, 0.3) is 6.29 Å². The summed E-state index contributed by atoms with van der Waals surface area (Å²) >= 11 is 0. The van der Waals surface area contributed by atoms with E-state index in [4.69, 9.17) is 20.0 Å². The van der Waals surface area contributed by atoms with Gasteiger partial charge in [-0.3, -0.25) is 4.57 Å². The molecule has 5 N–H and O–H groups in total. The molecule has 12 nitrogen and oxygen atoms in total. The molecule has 0 aliphatic carbocycles. The molecule has 0 amide bonds. The van der Waals surface area contributed by atoms with Crippen LogP contribution in [0.25, 0.3) is 11.2 Å². The number of ether oxygens (including phenoxy) is 2. The highest BCUT2D eigenvalue weighted by Gasteiger charge is 2.56. The first-order valence-electron chi connectivity index (χ1n) is 9.12. The maximum atomic E-state index is 12.3. The number of nitrogen functional groups attached to an aromatic ring is 1. The summed E-state index contributed by atoms with van der Waals surface area (Å²) in [6, 6.07) is 0. The number of nitrogens with zero attached hydrogens (tertiary/aromatic N) is 4. The highest BCUT2D eigenvalue weighted by molar-refractivity contribution is 7.53. The molecule has 0 spiro atoms. The van der Waals surface area contributed by atoms with Gasteiger partial charge in [-0.2, -0.15) is 0 Å². The number of anilines is 1. The van der Waals surface area contributed by atoms with Crippen molar-refractivity contribution in [3.8, 4) is 0 Å². The molecule has 1 unspecified atom stereocenters. The van der Waals surface area contributed by atoms with E-state index in [2.05, 4.69) is 15.0 Å². The molecule has 29 heavy (non-hydrogen) atoms. The van der Waals surface area contributed by atoms with Gasteiger partial charge in [0.15, 0.2) is 16.7 Å². The van der Waals surface area contributed by atoms with Crippen molar-refractivity contribution >= 4 is 24.6 Å². The molecule has 0 saturated carbocycles. The number of aromatic nitrogens is 4. The van der Waals surface area contributed by atoms with Crippen molar-refractivity contribution in [2.45, 2.75) is 51.5 Å². The summed E-state index contributed by atoms with van der Waals surface area (Å²) in [5.74, 6) is -0.868. The van der Waals surface area contributed by atoms with Gasteiger partial charge in [-0.25, -0.2) is 15.0 Å². The monoisotopic (exact) mass is 431 g/mol. The third-order valence-electron chi connectivity index (χ3n) is 5.08. The molecule has 13 heteroatoms. The SMILES string of the molecule is CC(C)C(O[C@H]1COC(On2cnc3c(N)ncnc32)[C@@H]1O)(C(C)C)P(=O)(O)O. The lowest BCUT2D eigenvalue weighted by atomic mass is 9.94. The molecule has 2 aromatic heterocycles. The number of aliphatic hydroxyl groups is 1. The van der Waals surface area contributed by atoms with E-state index in [1.54, 1.807) is 27.7 Å². The summed E-state index contributed by atoms with van der Waals surface area (Å²) in [5.41, 5.74) is 6.35. The first-order valence-corrected chi connectivity index (χ1v) is 10.7. The van der Waals surface area contributed by atoms with Crippen molar-refractivity contribution in [2.24, 2.45) is 11.8 Å². The quantitative estimate of drug-likeness (QED) is 0.438. The summed E-state index contributed by atoms with van der Waals surface area (Å²) in [6.07, 6.45) is -0.928.